The van der Waals surface area contributed by atoms with E-state index in [9.17, 15) is 4.79 Å². The van der Waals surface area contributed by atoms with E-state index in [0.717, 1.165) is 38.0 Å². The normalized spacial score (nSPS) is 19.4. The van der Waals surface area contributed by atoms with Gasteiger partial charge in [-0.25, -0.2) is 0 Å². The smallest absolute Gasteiger partial charge is 0.248 e. The molecule has 1 aromatic rings. The van der Waals surface area contributed by atoms with Crippen molar-refractivity contribution in [3.8, 4) is 0 Å². The second-order valence-corrected chi connectivity index (χ2v) is 4.96. The third kappa shape index (κ3) is 3.17. The van der Waals surface area contributed by atoms with Crippen LogP contribution in [0, 0.1) is 0 Å². The van der Waals surface area contributed by atoms with Crippen molar-refractivity contribution >= 4 is 0 Å². The first-order valence-corrected chi connectivity index (χ1v) is 6.27. The number of fused-ring (bicyclic) bond motifs is 1. The molecule has 2 N–H and O–H groups in total. The van der Waals surface area contributed by atoms with Crippen LogP contribution in [0.4, 0.5) is 0 Å². The summed E-state index contributed by atoms with van der Waals surface area (Å²) in [6.45, 7) is 2.02. The van der Waals surface area contributed by atoms with Crippen molar-refractivity contribution in [3.63, 3.8) is 0 Å². The van der Waals surface area contributed by atoms with Crippen LogP contribution < -0.4 is 10.9 Å². The van der Waals surface area contributed by atoms with E-state index in [4.69, 9.17) is 0 Å². The number of H-pyrrole nitrogens is 1. The van der Waals surface area contributed by atoms with Gasteiger partial charge in [-0.1, -0.05) is 6.07 Å². The number of aromatic amines is 1. The van der Waals surface area contributed by atoms with Gasteiger partial charge >= 0.3 is 0 Å². The number of nitrogens with zero attached hydrogens (tertiary/aromatic N) is 1. The molecule has 1 aliphatic carbocycles. The van der Waals surface area contributed by atoms with Gasteiger partial charge in [0.1, 0.15) is 0 Å². The number of rotatable bonds is 4. The molecule has 0 aromatic carbocycles. The van der Waals surface area contributed by atoms with Crippen molar-refractivity contribution < 1.29 is 0 Å². The Morgan fingerprint density at radius 1 is 1.47 bits per heavy atom. The van der Waals surface area contributed by atoms with E-state index in [1.54, 1.807) is 6.07 Å². The summed E-state index contributed by atoms with van der Waals surface area (Å²) in [4.78, 5) is 16.4. The van der Waals surface area contributed by atoms with Gasteiger partial charge in [-0.15, -0.1) is 0 Å². The van der Waals surface area contributed by atoms with Crippen LogP contribution in [-0.4, -0.2) is 37.1 Å². The number of nitrogens with one attached hydrogen (secondary N) is 2. The zero-order valence-electron chi connectivity index (χ0n) is 10.6. The first kappa shape index (κ1) is 12.3. The summed E-state index contributed by atoms with van der Waals surface area (Å²) in [5, 5.41) is 3.56. The maximum Gasteiger partial charge on any atom is 0.248 e. The van der Waals surface area contributed by atoms with Crippen LogP contribution >= 0.6 is 0 Å². The van der Waals surface area contributed by atoms with Gasteiger partial charge in [-0.05, 0) is 38.9 Å². The third-order valence-electron chi connectivity index (χ3n) is 3.28. The summed E-state index contributed by atoms with van der Waals surface area (Å²) < 4.78 is 0. The van der Waals surface area contributed by atoms with Gasteiger partial charge in [0.2, 0.25) is 5.56 Å². The van der Waals surface area contributed by atoms with E-state index in [-0.39, 0.29) is 5.56 Å². The molecule has 0 bridgehead atoms. The predicted octanol–water partition coefficient (Wildman–Crippen LogP) is 0.903. The first-order chi connectivity index (χ1) is 8.16. The number of hydrogen-bond donors (Lipinski definition) is 2. The Labute approximate surface area is 102 Å². The quantitative estimate of drug-likeness (QED) is 0.815. The van der Waals surface area contributed by atoms with Gasteiger partial charge in [0.25, 0.3) is 0 Å². The van der Waals surface area contributed by atoms with Crippen LogP contribution in [0.3, 0.4) is 0 Å². The molecule has 17 heavy (non-hydrogen) atoms. The Hall–Kier alpha value is -1.13. The molecular weight excluding hydrogens is 214 g/mol. The molecular formula is C13H21N3O. The Kier molecular flexibility index (Phi) is 3.97. The number of likely N-dealkylation sites (N-methyl/N-ethyl adjacent to an activating group) is 1. The largest absolute Gasteiger partial charge is 0.326 e. The summed E-state index contributed by atoms with van der Waals surface area (Å²) in [6.07, 6.45) is 3.30. The van der Waals surface area contributed by atoms with Gasteiger partial charge < -0.3 is 15.2 Å². The average Bonchev–Trinajstić information content (AvgIpc) is 2.28. The molecule has 0 spiro atoms. The maximum atomic E-state index is 11.3. The Balaban J connectivity index is 2.04. The number of aryl methyl sites for hydroxylation is 1. The fraction of sp³-hybridized carbons (Fsp3) is 0.615. The molecule has 0 saturated carbocycles. The fourth-order valence-corrected chi connectivity index (χ4v) is 2.37. The zero-order chi connectivity index (χ0) is 12.3. The first-order valence-electron chi connectivity index (χ1n) is 6.27. The second kappa shape index (κ2) is 5.47. The van der Waals surface area contributed by atoms with E-state index in [1.807, 2.05) is 6.07 Å². The summed E-state index contributed by atoms with van der Waals surface area (Å²) >= 11 is 0. The molecule has 1 aromatic heterocycles. The van der Waals surface area contributed by atoms with Crippen LogP contribution in [0.15, 0.2) is 16.9 Å². The lowest BCUT2D eigenvalue weighted by Gasteiger charge is -2.26. The van der Waals surface area contributed by atoms with E-state index < -0.39 is 0 Å². The van der Waals surface area contributed by atoms with Crippen LogP contribution in [0.2, 0.25) is 0 Å². The Bertz CT molecular complexity index is 425. The number of aromatic nitrogens is 1. The summed E-state index contributed by atoms with van der Waals surface area (Å²) in [6, 6.07) is 4.00. The van der Waals surface area contributed by atoms with Crippen molar-refractivity contribution in [1.29, 1.82) is 0 Å². The minimum absolute atomic E-state index is 0.0118. The number of hydrogen-bond acceptors (Lipinski definition) is 3. The number of pyridine rings is 1. The van der Waals surface area contributed by atoms with Crippen molar-refractivity contribution in [2.75, 3.05) is 27.2 Å². The molecule has 0 aliphatic heterocycles. The topological polar surface area (TPSA) is 48.1 Å². The molecule has 0 fully saturated rings. The van der Waals surface area contributed by atoms with Crippen LogP contribution in [0.25, 0.3) is 0 Å². The zero-order valence-corrected chi connectivity index (χ0v) is 10.6. The van der Waals surface area contributed by atoms with E-state index >= 15 is 0 Å². The molecule has 1 atom stereocenters. The highest BCUT2D eigenvalue weighted by Crippen LogP contribution is 2.27. The molecule has 0 saturated heterocycles. The highest BCUT2D eigenvalue weighted by Gasteiger charge is 2.19. The lowest BCUT2D eigenvalue weighted by Crippen LogP contribution is -2.32. The van der Waals surface area contributed by atoms with Gasteiger partial charge in [-0.3, -0.25) is 4.79 Å². The van der Waals surface area contributed by atoms with Gasteiger partial charge in [0, 0.05) is 30.9 Å². The van der Waals surface area contributed by atoms with Gasteiger partial charge in [0.05, 0.1) is 0 Å². The van der Waals surface area contributed by atoms with Gasteiger partial charge in [-0.2, -0.15) is 0 Å². The summed E-state index contributed by atoms with van der Waals surface area (Å²) in [5.74, 6) is 0. The minimum Gasteiger partial charge on any atom is -0.326 e. The SMILES string of the molecule is CN(C)CCNC1CCCc2[nH]c(=O)ccc21. The molecule has 1 heterocycles. The molecule has 2 rings (SSSR count). The maximum absolute atomic E-state index is 11.3. The third-order valence-corrected chi connectivity index (χ3v) is 3.28. The van der Waals surface area contributed by atoms with Crippen LogP contribution in [-0.2, 0) is 6.42 Å². The van der Waals surface area contributed by atoms with Gasteiger partial charge in [0.15, 0.2) is 0 Å². The highest BCUT2D eigenvalue weighted by molar-refractivity contribution is 5.26. The monoisotopic (exact) mass is 235 g/mol. The molecule has 4 heteroatoms. The van der Waals surface area contributed by atoms with E-state index in [1.165, 1.54) is 5.56 Å². The van der Waals surface area contributed by atoms with Crippen LogP contribution in [0.1, 0.15) is 30.1 Å². The van der Waals surface area contributed by atoms with Crippen molar-refractivity contribution in [2.24, 2.45) is 0 Å². The van der Waals surface area contributed by atoms with E-state index in [2.05, 4.69) is 29.3 Å². The molecule has 94 valence electrons. The molecule has 0 radical (unpaired) electrons. The summed E-state index contributed by atoms with van der Waals surface area (Å²) in [7, 11) is 4.15. The summed E-state index contributed by atoms with van der Waals surface area (Å²) in [5.41, 5.74) is 2.40. The lowest BCUT2D eigenvalue weighted by atomic mass is 9.91. The Morgan fingerprint density at radius 3 is 3.06 bits per heavy atom. The van der Waals surface area contributed by atoms with E-state index in [0.29, 0.717) is 6.04 Å². The Morgan fingerprint density at radius 2 is 2.29 bits per heavy atom. The van der Waals surface area contributed by atoms with Crippen molar-refractivity contribution in [2.45, 2.75) is 25.3 Å². The molecule has 1 aliphatic rings. The predicted molar refractivity (Wildman–Crippen MR) is 69.3 cm³/mol. The van der Waals surface area contributed by atoms with Crippen molar-refractivity contribution in [1.82, 2.24) is 15.2 Å². The minimum atomic E-state index is 0.0118. The molecule has 1 unspecified atom stereocenters. The highest BCUT2D eigenvalue weighted by atomic mass is 16.1. The molecule has 0 amide bonds. The fourth-order valence-electron chi connectivity index (χ4n) is 2.37. The van der Waals surface area contributed by atoms with Crippen LogP contribution in [0.5, 0.6) is 0 Å². The van der Waals surface area contributed by atoms with Crippen molar-refractivity contribution in [3.05, 3.63) is 33.7 Å². The molecule has 4 nitrogen and oxygen atoms in total. The lowest BCUT2D eigenvalue weighted by molar-refractivity contribution is 0.371. The average molecular weight is 235 g/mol. The standard InChI is InChI=1S/C13H21N3O/c1-16(2)9-8-14-11-4-3-5-12-10(11)6-7-13(17)15-12/h6-7,11,14H,3-5,8-9H2,1-2H3,(H,15,17). The second-order valence-electron chi connectivity index (χ2n) is 4.96.